The Morgan fingerprint density at radius 3 is 2.32 bits per heavy atom. The van der Waals surface area contributed by atoms with Crippen molar-refractivity contribution in [2.75, 3.05) is 0 Å². The van der Waals surface area contributed by atoms with E-state index < -0.39 is 28.0 Å². The number of benzene rings is 2. The number of amides is 1. The van der Waals surface area contributed by atoms with Crippen LogP contribution in [0, 0.1) is 3.57 Å². The third-order valence-corrected chi connectivity index (χ3v) is 6.30. The topological polar surface area (TPSA) is 80.3 Å². The summed E-state index contributed by atoms with van der Waals surface area (Å²) in [7, 11) is -3.94. The smallest absolute Gasteiger partial charge is 0.345 e. The molecule has 0 spiro atoms. The third kappa shape index (κ3) is 5.31. The van der Waals surface area contributed by atoms with Gasteiger partial charge in [0.2, 0.25) is 9.84 Å². The number of hydrogen-bond acceptors (Lipinski definition) is 4. The fourth-order valence-corrected chi connectivity index (χ4v) is 4.64. The van der Waals surface area contributed by atoms with Crippen molar-refractivity contribution in [1.29, 1.82) is 0 Å². The van der Waals surface area contributed by atoms with Crippen molar-refractivity contribution in [3.63, 3.8) is 0 Å². The van der Waals surface area contributed by atoms with Crippen LogP contribution in [0.5, 0.6) is 0 Å². The van der Waals surface area contributed by atoms with E-state index in [1.54, 1.807) is 6.07 Å². The quantitative estimate of drug-likeness (QED) is 0.463. The molecule has 1 N–H and O–H groups in total. The molecule has 2 aromatic rings. The zero-order chi connectivity index (χ0) is 21.1. The maximum Gasteiger partial charge on any atom is 0.471 e. The van der Waals surface area contributed by atoms with E-state index >= 15 is 0 Å². The summed E-state index contributed by atoms with van der Waals surface area (Å²) in [5, 5.41) is 1.84. The van der Waals surface area contributed by atoms with Gasteiger partial charge < -0.3 is 5.32 Å². The summed E-state index contributed by atoms with van der Waals surface area (Å²) in [5.41, 5.74) is 0.583. The van der Waals surface area contributed by atoms with Gasteiger partial charge in [0.15, 0.2) is 6.29 Å². The molecule has 150 valence electrons. The first-order valence-corrected chi connectivity index (χ1v) is 10.5. The highest BCUT2D eigenvalue weighted by Gasteiger charge is 2.39. The first kappa shape index (κ1) is 22.3. The van der Waals surface area contributed by atoms with E-state index in [4.69, 9.17) is 0 Å². The molecule has 2 aromatic carbocycles. The van der Waals surface area contributed by atoms with Crippen molar-refractivity contribution in [3.05, 3.63) is 57.2 Å². The largest absolute Gasteiger partial charge is 0.471 e. The van der Waals surface area contributed by atoms with E-state index in [0.717, 1.165) is 0 Å². The van der Waals surface area contributed by atoms with Crippen molar-refractivity contribution in [2.24, 2.45) is 0 Å². The van der Waals surface area contributed by atoms with Crippen molar-refractivity contribution >= 4 is 44.6 Å². The molecule has 0 radical (unpaired) electrons. The molecule has 10 heteroatoms. The number of aldehydes is 1. The minimum Gasteiger partial charge on any atom is -0.345 e. The minimum absolute atomic E-state index is 0.0352. The maximum absolute atomic E-state index is 12.8. The lowest BCUT2D eigenvalue weighted by atomic mass is 10.1. The molecule has 0 aliphatic carbocycles. The van der Waals surface area contributed by atoms with Crippen LogP contribution in [0.1, 0.15) is 22.8 Å². The first-order chi connectivity index (χ1) is 12.9. The Morgan fingerprint density at radius 2 is 1.79 bits per heavy atom. The highest BCUT2D eigenvalue weighted by molar-refractivity contribution is 14.1. The predicted octanol–water partition coefficient (Wildman–Crippen LogP) is 3.55. The molecule has 1 atom stereocenters. The number of hydrogen-bond donors (Lipinski definition) is 1. The van der Waals surface area contributed by atoms with E-state index in [1.165, 1.54) is 43.3 Å². The molecule has 2 rings (SSSR count). The summed E-state index contributed by atoms with van der Waals surface area (Å²) >= 11 is 1.94. The van der Waals surface area contributed by atoms with Crippen LogP contribution in [0.25, 0.3) is 0 Å². The Kier molecular flexibility index (Phi) is 6.86. The van der Waals surface area contributed by atoms with Gasteiger partial charge in [0.05, 0.1) is 9.79 Å². The molecule has 0 fully saturated rings. The fourth-order valence-electron chi connectivity index (χ4n) is 2.48. The van der Waals surface area contributed by atoms with E-state index in [9.17, 15) is 31.2 Å². The molecular weight excluding hydrogens is 510 g/mol. The van der Waals surface area contributed by atoms with Crippen LogP contribution in [-0.2, 0) is 21.1 Å². The van der Waals surface area contributed by atoms with Gasteiger partial charge >= 0.3 is 12.1 Å². The number of nitrogens with one attached hydrogen (secondary N) is 1. The van der Waals surface area contributed by atoms with E-state index in [2.05, 4.69) is 0 Å². The highest BCUT2D eigenvalue weighted by Crippen LogP contribution is 2.26. The summed E-state index contributed by atoms with van der Waals surface area (Å²) in [4.78, 5) is 22.0. The van der Waals surface area contributed by atoms with Gasteiger partial charge in [-0.2, -0.15) is 13.2 Å². The Balaban J connectivity index is 2.21. The SMILES string of the molecule is CC(Cc1ccc(S(=O)(=O)c2cc(I)ccc2C=O)cc1)NC(=O)C(F)(F)F. The van der Waals surface area contributed by atoms with Gasteiger partial charge in [-0.1, -0.05) is 12.1 Å². The molecule has 0 aliphatic rings. The van der Waals surface area contributed by atoms with Gasteiger partial charge in [-0.25, -0.2) is 8.42 Å². The minimum atomic E-state index is -4.96. The number of alkyl halides is 3. The first-order valence-electron chi connectivity index (χ1n) is 7.91. The van der Waals surface area contributed by atoms with Crippen LogP contribution in [0.15, 0.2) is 52.3 Å². The van der Waals surface area contributed by atoms with Crippen LogP contribution in [-0.4, -0.2) is 32.8 Å². The summed E-state index contributed by atoms with van der Waals surface area (Å²) in [5.74, 6) is -2.03. The number of sulfone groups is 1. The number of rotatable bonds is 6. The molecule has 0 heterocycles. The van der Waals surface area contributed by atoms with Crippen molar-refractivity contribution < 1.29 is 31.2 Å². The van der Waals surface area contributed by atoms with Gasteiger partial charge in [-0.15, -0.1) is 0 Å². The lowest BCUT2D eigenvalue weighted by Crippen LogP contribution is -2.42. The zero-order valence-electron chi connectivity index (χ0n) is 14.5. The van der Waals surface area contributed by atoms with Gasteiger partial charge in [0.1, 0.15) is 0 Å². The van der Waals surface area contributed by atoms with Gasteiger partial charge in [-0.3, -0.25) is 9.59 Å². The Hall–Kier alpha value is -1.95. The zero-order valence-corrected chi connectivity index (χ0v) is 17.4. The maximum atomic E-state index is 12.8. The molecule has 0 aliphatic heterocycles. The molecular formula is C18H15F3INO4S. The van der Waals surface area contributed by atoms with Crippen LogP contribution in [0.2, 0.25) is 0 Å². The molecule has 0 aromatic heterocycles. The Morgan fingerprint density at radius 1 is 1.18 bits per heavy atom. The Labute approximate surface area is 173 Å². The molecule has 1 unspecified atom stereocenters. The third-order valence-electron chi connectivity index (χ3n) is 3.80. The summed E-state index contributed by atoms with van der Waals surface area (Å²) in [6.07, 6.45) is -4.41. The molecule has 0 saturated carbocycles. The molecule has 0 saturated heterocycles. The summed E-state index contributed by atoms with van der Waals surface area (Å²) in [6.45, 7) is 1.41. The van der Waals surface area contributed by atoms with Crippen LogP contribution < -0.4 is 5.32 Å². The Bertz CT molecular complexity index is 989. The van der Waals surface area contributed by atoms with Gasteiger partial charge in [-0.05, 0) is 71.8 Å². The highest BCUT2D eigenvalue weighted by atomic mass is 127. The normalized spacial score (nSPS) is 13.0. The average molecular weight is 525 g/mol. The lowest BCUT2D eigenvalue weighted by molar-refractivity contribution is -0.174. The van der Waals surface area contributed by atoms with Crippen molar-refractivity contribution in [2.45, 2.75) is 35.4 Å². The lowest BCUT2D eigenvalue weighted by Gasteiger charge is -2.15. The molecule has 5 nitrogen and oxygen atoms in total. The number of carbonyl (C=O) groups excluding carboxylic acids is 2. The van der Waals surface area contributed by atoms with Crippen LogP contribution >= 0.6 is 22.6 Å². The summed E-state index contributed by atoms with van der Waals surface area (Å²) in [6, 6.07) is 9.17. The van der Waals surface area contributed by atoms with E-state index in [-0.39, 0.29) is 21.8 Å². The molecule has 28 heavy (non-hydrogen) atoms. The average Bonchev–Trinajstić information content (AvgIpc) is 2.61. The van der Waals surface area contributed by atoms with E-state index in [1.807, 2.05) is 27.9 Å². The van der Waals surface area contributed by atoms with Crippen LogP contribution in [0.4, 0.5) is 13.2 Å². The van der Waals surface area contributed by atoms with Crippen LogP contribution in [0.3, 0.4) is 0 Å². The van der Waals surface area contributed by atoms with E-state index in [0.29, 0.717) is 15.4 Å². The van der Waals surface area contributed by atoms with Crippen molar-refractivity contribution in [1.82, 2.24) is 5.32 Å². The predicted molar refractivity (Wildman–Crippen MR) is 104 cm³/mol. The summed E-state index contributed by atoms with van der Waals surface area (Å²) < 4.78 is 63.1. The van der Waals surface area contributed by atoms with Gasteiger partial charge in [0, 0.05) is 15.2 Å². The number of halogens is 4. The molecule has 1 amide bonds. The van der Waals surface area contributed by atoms with Gasteiger partial charge in [0.25, 0.3) is 0 Å². The standard InChI is InChI=1S/C18H15F3INO4S/c1-11(23-17(25)18(19,20)21)8-12-2-6-15(7-3-12)28(26,27)16-9-14(22)5-4-13(16)10-24/h2-7,9-11H,8H2,1H3,(H,23,25). The molecule has 0 bridgehead atoms. The van der Waals surface area contributed by atoms with Crippen molar-refractivity contribution in [3.8, 4) is 0 Å². The monoisotopic (exact) mass is 525 g/mol. The fraction of sp³-hybridized carbons (Fsp3) is 0.222. The number of carbonyl (C=O) groups is 2. The second-order valence-electron chi connectivity index (χ2n) is 6.02. The second kappa shape index (κ2) is 8.60. The second-order valence-corrected chi connectivity index (χ2v) is 9.19.